The van der Waals surface area contributed by atoms with Crippen LogP contribution < -0.4 is 23.8 Å². The molecule has 0 atom stereocenters. The van der Waals surface area contributed by atoms with Crippen LogP contribution in [0.1, 0.15) is 0 Å². The van der Waals surface area contributed by atoms with Gasteiger partial charge in [-0.25, -0.2) is 9.55 Å². The third-order valence-electron chi connectivity index (χ3n) is 1.70. The van der Waals surface area contributed by atoms with Crippen LogP contribution in [-0.4, -0.2) is 4.57 Å². The fourth-order valence-electron chi connectivity index (χ4n) is 1.14. The molecule has 2 nitrogen and oxygen atoms in total. The van der Waals surface area contributed by atoms with Crippen molar-refractivity contribution in [3.63, 3.8) is 0 Å². The van der Waals surface area contributed by atoms with Crippen LogP contribution in [0.4, 0.5) is 0 Å². The van der Waals surface area contributed by atoms with E-state index < -0.39 is 0 Å². The third kappa shape index (κ3) is 1.33. The van der Waals surface area contributed by atoms with E-state index in [0.717, 1.165) is 0 Å². The number of imidazole rings is 1. The molecule has 2 rings (SSSR count). The van der Waals surface area contributed by atoms with Gasteiger partial charge in [-0.1, -0.05) is 12.1 Å². The van der Waals surface area contributed by atoms with Crippen molar-refractivity contribution in [3.8, 4) is 0 Å². The van der Waals surface area contributed by atoms with Crippen LogP contribution in [0.25, 0.3) is 11.0 Å². The molecule has 0 radical (unpaired) electrons. The van der Waals surface area contributed by atoms with E-state index in [4.69, 9.17) is 0 Å². The molecule has 1 aromatic heterocycles. The second-order valence-electron chi connectivity index (χ2n) is 2.40. The summed E-state index contributed by atoms with van der Waals surface area (Å²) >= 11 is 0. The van der Waals surface area contributed by atoms with Crippen molar-refractivity contribution in [2.75, 3.05) is 0 Å². The average molecular weight is 140 g/mol. The topological polar surface area (TPSA) is 19.1 Å². The average Bonchev–Trinajstić information content (AvgIpc) is 2.34. The minimum absolute atomic E-state index is 0. The van der Waals surface area contributed by atoms with Gasteiger partial charge in [0.15, 0.2) is 11.0 Å². The summed E-state index contributed by atoms with van der Waals surface area (Å²) in [6, 6.07) is 8.22. The Balaban J connectivity index is 0.000000605. The van der Waals surface area contributed by atoms with Crippen LogP contribution in [0.3, 0.4) is 0 Å². The predicted molar refractivity (Wildman–Crippen MR) is 39.5 cm³/mol. The minimum Gasteiger partial charge on any atom is -0.243 e. The Hall–Kier alpha value is -0.713. The van der Waals surface area contributed by atoms with E-state index in [9.17, 15) is 0 Å². The molecule has 0 saturated heterocycles. The van der Waals surface area contributed by atoms with E-state index in [1.807, 2.05) is 25.5 Å². The summed E-state index contributed by atoms with van der Waals surface area (Å²) in [6.45, 7) is 0. The van der Waals surface area contributed by atoms with Gasteiger partial charge in [-0.05, 0) is 12.1 Å². The summed E-state index contributed by atoms with van der Waals surface area (Å²) in [6.07, 6.45) is 1.95. The SMILES string of the molecule is Cn1c[nH+]c2ccccc21.[Li+]. The van der Waals surface area contributed by atoms with Gasteiger partial charge >= 0.3 is 18.9 Å². The summed E-state index contributed by atoms with van der Waals surface area (Å²) in [5, 5.41) is 0. The number of H-pyrrole nitrogens is 1. The number of nitrogens with one attached hydrogen (secondary N) is 1. The van der Waals surface area contributed by atoms with E-state index in [1.165, 1.54) is 11.0 Å². The van der Waals surface area contributed by atoms with Crippen molar-refractivity contribution in [3.05, 3.63) is 30.6 Å². The number of aryl methyl sites for hydroxylation is 1. The molecule has 0 bridgehead atoms. The molecule has 1 aromatic carbocycles. The van der Waals surface area contributed by atoms with Gasteiger partial charge in [0, 0.05) is 0 Å². The maximum absolute atomic E-state index is 3.15. The Kier molecular flexibility index (Phi) is 2.38. The maximum Gasteiger partial charge on any atom is 1.00 e. The molecule has 0 unspecified atom stereocenters. The Labute approximate surface area is 77.4 Å². The van der Waals surface area contributed by atoms with Gasteiger partial charge < -0.3 is 0 Å². The summed E-state index contributed by atoms with van der Waals surface area (Å²) in [5.74, 6) is 0. The molecular formula is C8H9LiN2+2. The predicted octanol–water partition coefficient (Wildman–Crippen LogP) is -2.00. The summed E-state index contributed by atoms with van der Waals surface area (Å²) in [5.41, 5.74) is 2.42. The first-order valence-electron chi connectivity index (χ1n) is 3.30. The quantitative estimate of drug-likeness (QED) is 0.377. The molecular weight excluding hydrogens is 131 g/mol. The summed E-state index contributed by atoms with van der Waals surface area (Å²) in [7, 11) is 2.03. The van der Waals surface area contributed by atoms with E-state index in [-0.39, 0.29) is 18.9 Å². The van der Waals surface area contributed by atoms with Gasteiger partial charge in [0.2, 0.25) is 6.33 Å². The van der Waals surface area contributed by atoms with Crippen molar-refractivity contribution in [2.45, 2.75) is 0 Å². The molecule has 0 aliphatic heterocycles. The molecule has 50 valence electrons. The number of fused-ring (bicyclic) bond motifs is 1. The standard InChI is InChI=1S/C8H8N2.Li/c1-10-6-9-7-4-2-3-5-8(7)10;/h2-6H,1H3;/q;+1/p+1. The van der Waals surface area contributed by atoms with Crippen LogP contribution in [0, 0.1) is 0 Å². The first-order valence-corrected chi connectivity index (χ1v) is 3.30. The monoisotopic (exact) mass is 140 g/mol. The van der Waals surface area contributed by atoms with Crippen LogP contribution in [0.15, 0.2) is 30.6 Å². The summed E-state index contributed by atoms with van der Waals surface area (Å²) < 4.78 is 2.06. The number of para-hydroxylation sites is 2. The zero-order valence-electron chi connectivity index (χ0n) is 6.83. The van der Waals surface area contributed by atoms with Crippen LogP contribution in [0.5, 0.6) is 0 Å². The van der Waals surface area contributed by atoms with Gasteiger partial charge in [-0.2, -0.15) is 0 Å². The summed E-state index contributed by atoms with van der Waals surface area (Å²) in [4.78, 5) is 3.15. The van der Waals surface area contributed by atoms with Crippen LogP contribution in [-0.2, 0) is 7.05 Å². The smallest absolute Gasteiger partial charge is 0.243 e. The Bertz CT molecular complexity index is 354. The largest absolute Gasteiger partial charge is 1.00 e. The van der Waals surface area contributed by atoms with Gasteiger partial charge in [0.05, 0.1) is 7.05 Å². The molecule has 0 fully saturated rings. The fourth-order valence-corrected chi connectivity index (χ4v) is 1.14. The first-order chi connectivity index (χ1) is 4.88. The van der Waals surface area contributed by atoms with Crippen molar-refractivity contribution in [1.29, 1.82) is 0 Å². The molecule has 2 aromatic rings. The van der Waals surface area contributed by atoms with Crippen molar-refractivity contribution in [2.24, 2.45) is 7.05 Å². The maximum atomic E-state index is 3.15. The van der Waals surface area contributed by atoms with E-state index in [2.05, 4.69) is 21.7 Å². The van der Waals surface area contributed by atoms with Crippen molar-refractivity contribution < 1.29 is 23.8 Å². The fraction of sp³-hybridized carbons (Fsp3) is 0.125. The second kappa shape index (κ2) is 3.12. The molecule has 1 N–H and O–H groups in total. The Morgan fingerprint density at radius 1 is 1.27 bits per heavy atom. The van der Waals surface area contributed by atoms with E-state index >= 15 is 0 Å². The minimum atomic E-state index is 0. The van der Waals surface area contributed by atoms with Gasteiger partial charge in [-0.15, -0.1) is 0 Å². The number of aromatic amines is 1. The molecule has 0 aliphatic carbocycles. The zero-order valence-corrected chi connectivity index (χ0v) is 6.83. The Morgan fingerprint density at radius 2 is 2.00 bits per heavy atom. The number of aromatic nitrogens is 2. The molecule has 3 heteroatoms. The number of rotatable bonds is 0. The van der Waals surface area contributed by atoms with Crippen LogP contribution >= 0.6 is 0 Å². The second-order valence-corrected chi connectivity index (χ2v) is 2.40. The molecule has 0 saturated carbocycles. The first kappa shape index (κ1) is 8.38. The number of benzene rings is 1. The number of hydrogen-bond acceptors (Lipinski definition) is 0. The molecule has 1 heterocycles. The molecule has 0 spiro atoms. The number of hydrogen-bond donors (Lipinski definition) is 0. The van der Waals surface area contributed by atoms with E-state index in [1.54, 1.807) is 0 Å². The normalized spacial score (nSPS) is 9.55. The van der Waals surface area contributed by atoms with Crippen molar-refractivity contribution in [1.82, 2.24) is 4.57 Å². The molecule has 0 amide bonds. The Morgan fingerprint density at radius 3 is 2.73 bits per heavy atom. The van der Waals surface area contributed by atoms with Crippen molar-refractivity contribution >= 4 is 11.0 Å². The van der Waals surface area contributed by atoms with Gasteiger partial charge in [0.25, 0.3) is 0 Å². The van der Waals surface area contributed by atoms with Gasteiger partial charge in [0.1, 0.15) is 0 Å². The molecule has 0 aliphatic rings. The molecule has 11 heavy (non-hydrogen) atoms. The van der Waals surface area contributed by atoms with E-state index in [0.29, 0.717) is 0 Å². The zero-order chi connectivity index (χ0) is 6.97. The number of nitrogens with zero attached hydrogens (tertiary/aromatic N) is 1. The van der Waals surface area contributed by atoms with Crippen LogP contribution in [0.2, 0.25) is 0 Å². The third-order valence-corrected chi connectivity index (χ3v) is 1.70. The van der Waals surface area contributed by atoms with Gasteiger partial charge in [-0.3, -0.25) is 0 Å².